The van der Waals surface area contributed by atoms with Gasteiger partial charge in [-0.3, -0.25) is 0 Å². The first-order chi connectivity index (χ1) is 10.2. The Morgan fingerprint density at radius 1 is 1.48 bits per heavy atom. The molecule has 1 aromatic heterocycles. The van der Waals surface area contributed by atoms with E-state index in [4.69, 9.17) is 16.3 Å². The van der Waals surface area contributed by atoms with Gasteiger partial charge < -0.3 is 15.0 Å². The summed E-state index contributed by atoms with van der Waals surface area (Å²) in [5.41, 5.74) is 1.14. The highest BCUT2D eigenvalue weighted by atomic mass is 35.5. The molecule has 2 atom stereocenters. The highest BCUT2D eigenvalue weighted by Gasteiger charge is 2.27. The Balaban J connectivity index is 1.77. The molecule has 1 N–H and O–H groups in total. The summed E-state index contributed by atoms with van der Waals surface area (Å²) >= 11 is 6.29. The summed E-state index contributed by atoms with van der Waals surface area (Å²) in [4.78, 5) is 6.91. The first-order valence-electron chi connectivity index (χ1n) is 7.93. The number of morpholine rings is 1. The average Bonchev–Trinajstić information content (AvgIpc) is 3.30. The molecule has 1 aliphatic heterocycles. The van der Waals surface area contributed by atoms with Crippen molar-refractivity contribution in [1.29, 1.82) is 0 Å². The fraction of sp³-hybridized carbons (Fsp3) is 0.688. The van der Waals surface area contributed by atoms with Crippen LogP contribution in [0.25, 0.3) is 0 Å². The summed E-state index contributed by atoms with van der Waals surface area (Å²) in [7, 11) is 0. The van der Waals surface area contributed by atoms with Crippen LogP contribution in [0.15, 0.2) is 12.3 Å². The van der Waals surface area contributed by atoms with Crippen molar-refractivity contribution in [1.82, 2.24) is 10.3 Å². The van der Waals surface area contributed by atoms with Crippen molar-refractivity contribution in [2.75, 3.05) is 18.1 Å². The maximum absolute atomic E-state index is 6.29. The van der Waals surface area contributed by atoms with Gasteiger partial charge in [0.15, 0.2) is 0 Å². The Bertz CT molecular complexity index is 492. The minimum absolute atomic E-state index is 0.248. The van der Waals surface area contributed by atoms with E-state index in [2.05, 4.69) is 35.1 Å². The molecular formula is C16H24ClN3O. The van der Waals surface area contributed by atoms with Crippen molar-refractivity contribution in [2.24, 2.45) is 0 Å². The van der Waals surface area contributed by atoms with Crippen LogP contribution >= 0.6 is 11.6 Å². The number of rotatable bonds is 5. The fourth-order valence-corrected chi connectivity index (χ4v) is 2.94. The van der Waals surface area contributed by atoms with Crippen molar-refractivity contribution in [3.63, 3.8) is 0 Å². The number of pyridine rings is 1. The van der Waals surface area contributed by atoms with Crippen molar-refractivity contribution in [3.8, 4) is 0 Å². The van der Waals surface area contributed by atoms with E-state index in [1.807, 2.05) is 0 Å². The van der Waals surface area contributed by atoms with Gasteiger partial charge in [0, 0.05) is 25.3 Å². The molecule has 1 aliphatic carbocycles. The van der Waals surface area contributed by atoms with Crippen LogP contribution in [0.4, 0.5) is 5.82 Å². The van der Waals surface area contributed by atoms with E-state index >= 15 is 0 Å². The lowest BCUT2D eigenvalue weighted by molar-refractivity contribution is 0.0296. The van der Waals surface area contributed by atoms with E-state index < -0.39 is 0 Å². The van der Waals surface area contributed by atoms with E-state index in [0.29, 0.717) is 12.1 Å². The lowest BCUT2D eigenvalue weighted by Crippen LogP contribution is -2.49. The number of hydrogen-bond acceptors (Lipinski definition) is 4. The molecular weight excluding hydrogens is 286 g/mol. The maximum atomic E-state index is 6.29. The zero-order chi connectivity index (χ0) is 14.8. The smallest absolute Gasteiger partial charge is 0.129 e. The molecule has 0 radical (unpaired) electrons. The second-order valence-electron chi connectivity index (χ2n) is 6.15. The van der Waals surface area contributed by atoms with Gasteiger partial charge in [0.05, 0.1) is 23.8 Å². The molecule has 1 saturated carbocycles. The highest BCUT2D eigenvalue weighted by Crippen LogP contribution is 2.26. The van der Waals surface area contributed by atoms with Crippen LogP contribution in [0.1, 0.15) is 38.7 Å². The summed E-state index contributed by atoms with van der Waals surface area (Å²) in [6.07, 6.45) is 5.67. The highest BCUT2D eigenvalue weighted by molar-refractivity contribution is 6.31. The lowest BCUT2D eigenvalue weighted by atomic mass is 10.1. The third-order valence-electron chi connectivity index (χ3n) is 4.31. The lowest BCUT2D eigenvalue weighted by Gasteiger charge is -2.39. The molecule has 2 fully saturated rings. The molecule has 2 aliphatic rings. The molecule has 3 rings (SSSR count). The monoisotopic (exact) mass is 309 g/mol. The van der Waals surface area contributed by atoms with Crippen LogP contribution in [0, 0.1) is 0 Å². The summed E-state index contributed by atoms with van der Waals surface area (Å²) in [5, 5.41) is 4.27. The first-order valence-corrected chi connectivity index (χ1v) is 8.31. The van der Waals surface area contributed by atoms with Gasteiger partial charge in [0.25, 0.3) is 0 Å². The summed E-state index contributed by atoms with van der Waals surface area (Å²) in [6, 6.07) is 3.22. The van der Waals surface area contributed by atoms with Gasteiger partial charge in [-0.05, 0) is 37.8 Å². The zero-order valence-corrected chi connectivity index (χ0v) is 13.6. The summed E-state index contributed by atoms with van der Waals surface area (Å²) in [5.74, 6) is 1.02. The molecule has 4 nitrogen and oxygen atoms in total. The van der Waals surface area contributed by atoms with Crippen molar-refractivity contribution < 1.29 is 4.74 Å². The third-order valence-corrected chi connectivity index (χ3v) is 4.65. The number of nitrogens with one attached hydrogen (secondary N) is 1. The van der Waals surface area contributed by atoms with Gasteiger partial charge >= 0.3 is 0 Å². The Kier molecular flexibility index (Phi) is 4.67. The quantitative estimate of drug-likeness (QED) is 0.907. The van der Waals surface area contributed by atoms with Gasteiger partial charge in [-0.15, -0.1) is 0 Å². The van der Waals surface area contributed by atoms with Crippen LogP contribution in [0.5, 0.6) is 0 Å². The standard InChI is InChI=1S/C16H24ClN3O/c1-3-14-10-21-11(2)9-20(14)16-6-12(15(17)8-19-16)7-18-13-4-5-13/h6,8,11,13-14,18H,3-5,7,9-10H2,1-2H3. The Morgan fingerprint density at radius 2 is 2.29 bits per heavy atom. The summed E-state index contributed by atoms with van der Waals surface area (Å²) < 4.78 is 5.77. The van der Waals surface area contributed by atoms with Crippen molar-refractivity contribution in [2.45, 2.75) is 57.8 Å². The number of hydrogen-bond donors (Lipinski definition) is 1. The molecule has 0 bridgehead atoms. The van der Waals surface area contributed by atoms with E-state index in [1.165, 1.54) is 12.8 Å². The van der Waals surface area contributed by atoms with Gasteiger partial charge in [-0.1, -0.05) is 18.5 Å². The number of ether oxygens (including phenoxy) is 1. The first kappa shape index (κ1) is 15.1. The SMILES string of the molecule is CCC1COC(C)CN1c1cc(CNC2CC2)c(Cl)cn1. The number of anilines is 1. The van der Waals surface area contributed by atoms with Crippen LogP contribution in [-0.2, 0) is 11.3 Å². The van der Waals surface area contributed by atoms with E-state index in [9.17, 15) is 0 Å². The predicted molar refractivity (Wildman–Crippen MR) is 85.9 cm³/mol. The molecule has 0 amide bonds. The Labute approximate surface area is 131 Å². The van der Waals surface area contributed by atoms with E-state index in [-0.39, 0.29) is 6.10 Å². The normalized spacial score (nSPS) is 26.1. The largest absolute Gasteiger partial charge is 0.375 e. The molecule has 2 unspecified atom stereocenters. The molecule has 5 heteroatoms. The molecule has 116 valence electrons. The minimum atomic E-state index is 0.248. The van der Waals surface area contributed by atoms with Gasteiger partial charge in [-0.25, -0.2) is 4.98 Å². The van der Waals surface area contributed by atoms with Gasteiger partial charge in [0.1, 0.15) is 5.82 Å². The van der Waals surface area contributed by atoms with E-state index in [0.717, 1.165) is 42.5 Å². The second kappa shape index (κ2) is 6.51. The molecule has 0 aromatic carbocycles. The molecule has 0 spiro atoms. The van der Waals surface area contributed by atoms with E-state index in [1.54, 1.807) is 6.20 Å². The average molecular weight is 310 g/mol. The number of aromatic nitrogens is 1. The topological polar surface area (TPSA) is 37.4 Å². The van der Waals surface area contributed by atoms with Gasteiger partial charge in [-0.2, -0.15) is 0 Å². The predicted octanol–water partition coefficient (Wildman–Crippen LogP) is 2.99. The zero-order valence-electron chi connectivity index (χ0n) is 12.8. The molecule has 1 aromatic rings. The van der Waals surface area contributed by atoms with Crippen LogP contribution in [0.3, 0.4) is 0 Å². The van der Waals surface area contributed by atoms with Crippen LogP contribution < -0.4 is 10.2 Å². The van der Waals surface area contributed by atoms with Crippen molar-refractivity contribution in [3.05, 3.63) is 22.8 Å². The minimum Gasteiger partial charge on any atom is -0.375 e. The molecule has 2 heterocycles. The Hall–Kier alpha value is -0.840. The number of halogens is 1. The third kappa shape index (κ3) is 3.68. The molecule has 1 saturated heterocycles. The van der Waals surface area contributed by atoms with Crippen LogP contribution in [-0.4, -0.2) is 36.3 Å². The molecule has 21 heavy (non-hydrogen) atoms. The maximum Gasteiger partial charge on any atom is 0.129 e. The fourth-order valence-electron chi connectivity index (χ4n) is 2.76. The Morgan fingerprint density at radius 3 is 3.00 bits per heavy atom. The van der Waals surface area contributed by atoms with Gasteiger partial charge in [0.2, 0.25) is 0 Å². The second-order valence-corrected chi connectivity index (χ2v) is 6.55. The number of nitrogens with zero attached hydrogens (tertiary/aromatic N) is 2. The summed E-state index contributed by atoms with van der Waals surface area (Å²) in [6.45, 7) is 6.81. The van der Waals surface area contributed by atoms with Crippen molar-refractivity contribution >= 4 is 17.4 Å². The van der Waals surface area contributed by atoms with Crippen LogP contribution in [0.2, 0.25) is 5.02 Å².